The smallest absolute Gasteiger partial charge is 0.149 e. The summed E-state index contributed by atoms with van der Waals surface area (Å²) in [6.45, 7) is 0. The van der Waals surface area contributed by atoms with E-state index in [1.807, 2.05) is 49.3 Å². The number of aromatic nitrogens is 4. The van der Waals surface area contributed by atoms with Gasteiger partial charge in [0.1, 0.15) is 16.9 Å². The van der Waals surface area contributed by atoms with E-state index in [1.165, 1.54) is 0 Å². The SMILES string of the molecule is c1cc2c(cn1)-c1c(oc3ccncc13)C1(N2)c2ccncc2-c2cnccc21. The second-order valence-electron chi connectivity index (χ2n) is 7.32. The lowest BCUT2D eigenvalue weighted by Gasteiger charge is -2.37. The molecule has 0 saturated heterocycles. The Bertz CT molecular complexity index is 1410. The molecule has 1 spiro atoms. The Morgan fingerprint density at radius 1 is 0.690 bits per heavy atom. The largest absolute Gasteiger partial charge is 0.457 e. The van der Waals surface area contributed by atoms with E-state index in [4.69, 9.17) is 4.42 Å². The van der Waals surface area contributed by atoms with E-state index < -0.39 is 5.54 Å². The minimum Gasteiger partial charge on any atom is -0.457 e. The molecule has 6 nitrogen and oxygen atoms in total. The molecular weight excluding hydrogens is 362 g/mol. The Balaban J connectivity index is 1.70. The Morgan fingerprint density at radius 2 is 1.31 bits per heavy atom. The summed E-state index contributed by atoms with van der Waals surface area (Å²) in [7, 11) is 0. The lowest BCUT2D eigenvalue weighted by Crippen LogP contribution is -2.38. The lowest BCUT2D eigenvalue weighted by molar-refractivity contribution is 0.485. The van der Waals surface area contributed by atoms with Gasteiger partial charge in [-0.05, 0) is 24.3 Å². The third-order valence-electron chi connectivity index (χ3n) is 5.98. The molecule has 6 heteroatoms. The fourth-order valence-corrected chi connectivity index (χ4v) is 4.83. The number of hydrogen-bond acceptors (Lipinski definition) is 6. The van der Waals surface area contributed by atoms with Crippen LogP contribution in [0.15, 0.2) is 78.3 Å². The fourth-order valence-electron chi connectivity index (χ4n) is 4.83. The molecule has 0 amide bonds. The highest BCUT2D eigenvalue weighted by Gasteiger charge is 2.51. The van der Waals surface area contributed by atoms with Crippen molar-refractivity contribution in [3.8, 4) is 22.3 Å². The fraction of sp³-hybridized carbons (Fsp3) is 0.0435. The van der Waals surface area contributed by atoms with Crippen LogP contribution in [0.3, 0.4) is 0 Å². The van der Waals surface area contributed by atoms with Crippen LogP contribution >= 0.6 is 0 Å². The molecule has 6 heterocycles. The molecule has 2 aliphatic rings. The molecule has 0 aromatic carbocycles. The van der Waals surface area contributed by atoms with Crippen molar-refractivity contribution < 1.29 is 4.42 Å². The molecule has 1 N–H and O–H groups in total. The molecule has 1 aliphatic carbocycles. The third kappa shape index (κ3) is 1.68. The van der Waals surface area contributed by atoms with E-state index in [0.29, 0.717) is 0 Å². The molecule has 0 saturated carbocycles. The second-order valence-corrected chi connectivity index (χ2v) is 7.32. The molecule has 7 rings (SSSR count). The highest BCUT2D eigenvalue weighted by atomic mass is 16.3. The summed E-state index contributed by atoms with van der Waals surface area (Å²) in [5.74, 6) is 0.846. The maximum atomic E-state index is 6.53. The van der Waals surface area contributed by atoms with Crippen LogP contribution in [-0.4, -0.2) is 19.9 Å². The predicted molar refractivity (Wildman–Crippen MR) is 108 cm³/mol. The maximum Gasteiger partial charge on any atom is 0.149 e. The molecular formula is C23H13N5O. The first-order valence-corrected chi connectivity index (χ1v) is 9.37. The molecule has 0 unspecified atom stereocenters. The highest BCUT2D eigenvalue weighted by Crippen LogP contribution is 2.58. The molecule has 29 heavy (non-hydrogen) atoms. The van der Waals surface area contributed by atoms with Gasteiger partial charge in [-0.15, -0.1) is 0 Å². The van der Waals surface area contributed by atoms with Crippen LogP contribution in [0.5, 0.6) is 0 Å². The first-order chi connectivity index (χ1) is 14.4. The number of hydrogen-bond donors (Lipinski definition) is 1. The van der Waals surface area contributed by atoms with Crippen molar-refractivity contribution in [2.45, 2.75) is 5.54 Å². The summed E-state index contributed by atoms with van der Waals surface area (Å²) in [4.78, 5) is 17.5. The van der Waals surface area contributed by atoms with Gasteiger partial charge in [0.05, 0.1) is 0 Å². The third-order valence-corrected chi connectivity index (χ3v) is 5.98. The average Bonchev–Trinajstić information content (AvgIpc) is 3.30. The molecule has 5 aromatic heterocycles. The van der Waals surface area contributed by atoms with Crippen LogP contribution in [0.25, 0.3) is 33.2 Å². The van der Waals surface area contributed by atoms with Gasteiger partial charge in [-0.1, -0.05) is 0 Å². The molecule has 5 aromatic rings. The summed E-state index contributed by atoms with van der Waals surface area (Å²) < 4.78 is 6.53. The van der Waals surface area contributed by atoms with Crippen LogP contribution < -0.4 is 5.32 Å². The zero-order chi connectivity index (χ0) is 19.0. The van der Waals surface area contributed by atoms with Gasteiger partial charge in [0.25, 0.3) is 0 Å². The monoisotopic (exact) mass is 375 g/mol. The summed E-state index contributed by atoms with van der Waals surface area (Å²) in [6, 6.07) is 8.04. The van der Waals surface area contributed by atoms with Crippen molar-refractivity contribution in [1.82, 2.24) is 19.9 Å². The molecule has 0 fully saturated rings. The van der Waals surface area contributed by atoms with E-state index in [9.17, 15) is 0 Å². The van der Waals surface area contributed by atoms with E-state index in [0.717, 1.165) is 55.8 Å². The average molecular weight is 375 g/mol. The van der Waals surface area contributed by atoms with Crippen molar-refractivity contribution in [1.29, 1.82) is 0 Å². The van der Waals surface area contributed by atoms with Gasteiger partial charge in [0.15, 0.2) is 0 Å². The topological polar surface area (TPSA) is 76.7 Å². The lowest BCUT2D eigenvalue weighted by atomic mass is 9.79. The zero-order valence-electron chi connectivity index (χ0n) is 15.1. The van der Waals surface area contributed by atoms with Crippen LogP contribution in [-0.2, 0) is 5.54 Å². The second kappa shape index (κ2) is 5.05. The number of fused-ring (bicyclic) bond motifs is 11. The van der Waals surface area contributed by atoms with Crippen LogP contribution in [0.2, 0.25) is 0 Å². The number of pyridine rings is 4. The molecule has 0 atom stereocenters. The van der Waals surface area contributed by atoms with Gasteiger partial charge in [-0.25, -0.2) is 0 Å². The Kier molecular flexibility index (Phi) is 2.60. The first-order valence-electron chi connectivity index (χ1n) is 9.37. The minimum absolute atomic E-state index is 0.667. The number of nitrogens with zero attached hydrogens (tertiary/aromatic N) is 4. The van der Waals surface area contributed by atoms with Crippen molar-refractivity contribution >= 4 is 16.7 Å². The molecule has 1 aliphatic heterocycles. The predicted octanol–water partition coefficient (Wildman–Crippen LogP) is 4.38. The van der Waals surface area contributed by atoms with Gasteiger partial charge in [0, 0.05) is 94.0 Å². The van der Waals surface area contributed by atoms with Crippen molar-refractivity contribution in [2.75, 3.05) is 5.32 Å². The number of furan rings is 1. The van der Waals surface area contributed by atoms with Crippen molar-refractivity contribution in [3.63, 3.8) is 0 Å². The van der Waals surface area contributed by atoms with E-state index in [2.05, 4.69) is 37.4 Å². The van der Waals surface area contributed by atoms with E-state index >= 15 is 0 Å². The number of nitrogens with one attached hydrogen (secondary N) is 1. The molecule has 0 bridgehead atoms. The summed E-state index contributed by atoms with van der Waals surface area (Å²) in [5, 5.41) is 4.77. The molecule has 136 valence electrons. The van der Waals surface area contributed by atoms with Crippen molar-refractivity contribution in [2.24, 2.45) is 0 Å². The Labute approximate surface area is 165 Å². The quantitative estimate of drug-likeness (QED) is 0.433. The number of anilines is 1. The van der Waals surface area contributed by atoms with Gasteiger partial charge < -0.3 is 9.73 Å². The summed E-state index contributed by atoms with van der Waals surface area (Å²) in [6.07, 6.45) is 14.8. The first kappa shape index (κ1) is 14.9. The van der Waals surface area contributed by atoms with Crippen molar-refractivity contribution in [3.05, 3.63) is 90.7 Å². The molecule has 0 radical (unpaired) electrons. The Morgan fingerprint density at radius 3 is 2.07 bits per heavy atom. The van der Waals surface area contributed by atoms with Gasteiger partial charge >= 0.3 is 0 Å². The van der Waals surface area contributed by atoms with E-state index in [-0.39, 0.29) is 0 Å². The minimum atomic E-state index is -0.667. The summed E-state index contributed by atoms with van der Waals surface area (Å²) >= 11 is 0. The zero-order valence-corrected chi connectivity index (χ0v) is 15.1. The van der Waals surface area contributed by atoms with Gasteiger partial charge in [-0.3, -0.25) is 19.9 Å². The number of rotatable bonds is 0. The standard InChI is InChI=1S/C23H13N5O/c1-5-24-9-13-14-10-25-6-2-18(14)23(17(1)13)22-21(15-11-26-7-3-19(15)28-23)16-12-27-8-4-20(16)29-22/h1-12,28H. The van der Waals surface area contributed by atoms with Crippen LogP contribution in [0.1, 0.15) is 16.9 Å². The van der Waals surface area contributed by atoms with Crippen LogP contribution in [0.4, 0.5) is 5.69 Å². The Hall–Kier alpha value is -4.06. The van der Waals surface area contributed by atoms with Gasteiger partial charge in [-0.2, -0.15) is 0 Å². The van der Waals surface area contributed by atoms with Gasteiger partial charge in [0.2, 0.25) is 0 Å². The highest BCUT2D eigenvalue weighted by molar-refractivity contribution is 6.03. The summed E-state index contributed by atoms with van der Waals surface area (Å²) in [5.41, 5.74) is 7.51. The van der Waals surface area contributed by atoms with Crippen LogP contribution in [0, 0.1) is 0 Å². The maximum absolute atomic E-state index is 6.53. The van der Waals surface area contributed by atoms with E-state index in [1.54, 1.807) is 12.4 Å². The normalized spacial score (nSPS) is 14.8.